The van der Waals surface area contributed by atoms with Gasteiger partial charge in [0.05, 0.1) is 17.1 Å². The zero-order chi connectivity index (χ0) is 11.9. The second kappa shape index (κ2) is 3.84. The molecular formula is C10H9ClFN3O. The van der Waals surface area contributed by atoms with Crippen molar-refractivity contribution >= 4 is 22.5 Å². The van der Waals surface area contributed by atoms with Crippen molar-refractivity contribution in [3.8, 4) is 0 Å². The van der Waals surface area contributed by atoms with Gasteiger partial charge in [-0.2, -0.15) is 0 Å². The van der Waals surface area contributed by atoms with E-state index in [2.05, 4.69) is 4.98 Å². The van der Waals surface area contributed by atoms with Crippen LogP contribution < -0.4 is 11.3 Å². The Kier molecular flexibility index (Phi) is 2.65. The summed E-state index contributed by atoms with van der Waals surface area (Å²) in [5.41, 5.74) is 5.46. The summed E-state index contributed by atoms with van der Waals surface area (Å²) in [4.78, 5) is 15.9. The Morgan fingerprint density at radius 2 is 2.25 bits per heavy atom. The standard InChI is InChI=1S/C10H9ClFN3O/c1-5(13)15-9(16)7-3-2-6(12)4-8(7)14-10(15)11/h2-5H,13H2,1H3. The molecule has 1 heterocycles. The summed E-state index contributed by atoms with van der Waals surface area (Å²) in [6, 6.07) is 3.73. The summed E-state index contributed by atoms with van der Waals surface area (Å²) < 4.78 is 14.1. The number of fused-ring (bicyclic) bond motifs is 1. The van der Waals surface area contributed by atoms with E-state index in [0.717, 1.165) is 10.6 Å². The topological polar surface area (TPSA) is 60.9 Å². The molecule has 2 N–H and O–H groups in total. The highest BCUT2D eigenvalue weighted by Crippen LogP contribution is 2.14. The Balaban J connectivity index is 2.89. The maximum Gasteiger partial charge on any atom is 0.263 e. The summed E-state index contributed by atoms with van der Waals surface area (Å²) >= 11 is 5.81. The minimum atomic E-state index is -0.582. The highest BCUT2D eigenvalue weighted by molar-refractivity contribution is 6.28. The van der Waals surface area contributed by atoms with Crippen LogP contribution in [0.1, 0.15) is 13.1 Å². The second-order valence-corrected chi connectivity index (χ2v) is 3.80. The normalized spacial score (nSPS) is 13.0. The fraction of sp³-hybridized carbons (Fsp3) is 0.200. The van der Waals surface area contributed by atoms with E-state index in [1.165, 1.54) is 12.1 Å². The first-order valence-electron chi connectivity index (χ1n) is 4.63. The minimum absolute atomic E-state index is 0.0434. The Morgan fingerprint density at radius 1 is 1.56 bits per heavy atom. The molecule has 0 saturated carbocycles. The summed E-state index contributed by atoms with van der Waals surface area (Å²) in [6.45, 7) is 1.62. The van der Waals surface area contributed by atoms with Gasteiger partial charge in [-0.15, -0.1) is 0 Å². The molecule has 0 bridgehead atoms. The first kappa shape index (κ1) is 11.0. The Hall–Kier alpha value is -1.46. The van der Waals surface area contributed by atoms with Crippen molar-refractivity contribution in [2.45, 2.75) is 13.1 Å². The van der Waals surface area contributed by atoms with E-state index in [9.17, 15) is 9.18 Å². The predicted octanol–water partition coefficient (Wildman–Crippen LogP) is 1.67. The lowest BCUT2D eigenvalue weighted by Gasteiger charge is -2.12. The van der Waals surface area contributed by atoms with Gasteiger partial charge >= 0.3 is 0 Å². The van der Waals surface area contributed by atoms with Crippen molar-refractivity contribution in [3.05, 3.63) is 39.7 Å². The van der Waals surface area contributed by atoms with Crippen LogP contribution in [0.3, 0.4) is 0 Å². The van der Waals surface area contributed by atoms with E-state index in [4.69, 9.17) is 17.3 Å². The molecule has 16 heavy (non-hydrogen) atoms. The van der Waals surface area contributed by atoms with E-state index in [0.29, 0.717) is 5.39 Å². The van der Waals surface area contributed by atoms with Crippen LogP contribution in [0.15, 0.2) is 23.0 Å². The van der Waals surface area contributed by atoms with Crippen LogP contribution >= 0.6 is 11.6 Å². The SMILES string of the molecule is CC(N)n1c(Cl)nc2cc(F)ccc2c1=O. The van der Waals surface area contributed by atoms with Crippen LogP contribution in [0.25, 0.3) is 10.9 Å². The van der Waals surface area contributed by atoms with Gasteiger partial charge in [0.2, 0.25) is 5.28 Å². The molecule has 0 saturated heterocycles. The highest BCUT2D eigenvalue weighted by Gasteiger charge is 2.12. The molecule has 0 aliphatic rings. The first-order valence-corrected chi connectivity index (χ1v) is 5.01. The van der Waals surface area contributed by atoms with Gasteiger partial charge in [-0.25, -0.2) is 9.37 Å². The third-order valence-electron chi connectivity index (χ3n) is 2.23. The summed E-state index contributed by atoms with van der Waals surface area (Å²) in [5, 5.41) is 0.251. The van der Waals surface area contributed by atoms with Crippen molar-refractivity contribution in [2.24, 2.45) is 5.73 Å². The van der Waals surface area contributed by atoms with Crippen LogP contribution in [0.4, 0.5) is 4.39 Å². The molecule has 1 aromatic heterocycles. The predicted molar refractivity (Wildman–Crippen MR) is 59.9 cm³/mol. The minimum Gasteiger partial charge on any atom is -0.311 e. The van der Waals surface area contributed by atoms with Gasteiger partial charge < -0.3 is 5.73 Å². The van der Waals surface area contributed by atoms with Crippen LogP contribution in [0.2, 0.25) is 5.28 Å². The average Bonchev–Trinajstić information content (AvgIpc) is 2.15. The Morgan fingerprint density at radius 3 is 2.88 bits per heavy atom. The van der Waals surface area contributed by atoms with E-state index in [1.807, 2.05) is 0 Å². The number of nitrogens with two attached hydrogens (primary N) is 1. The van der Waals surface area contributed by atoms with Crippen molar-refractivity contribution in [1.29, 1.82) is 0 Å². The van der Waals surface area contributed by atoms with E-state index in [-0.39, 0.29) is 16.4 Å². The van der Waals surface area contributed by atoms with Gasteiger partial charge in [-0.1, -0.05) is 0 Å². The van der Waals surface area contributed by atoms with Crippen LogP contribution in [-0.2, 0) is 0 Å². The average molecular weight is 242 g/mol. The van der Waals surface area contributed by atoms with Crippen LogP contribution in [0, 0.1) is 5.82 Å². The van der Waals surface area contributed by atoms with Gasteiger partial charge in [-0.3, -0.25) is 9.36 Å². The van der Waals surface area contributed by atoms with Crippen LogP contribution in [-0.4, -0.2) is 9.55 Å². The molecule has 4 nitrogen and oxygen atoms in total. The van der Waals surface area contributed by atoms with E-state index in [1.54, 1.807) is 6.92 Å². The van der Waals surface area contributed by atoms with E-state index >= 15 is 0 Å². The first-order chi connectivity index (χ1) is 7.50. The lowest BCUT2D eigenvalue weighted by atomic mass is 10.2. The van der Waals surface area contributed by atoms with Gasteiger partial charge in [0.25, 0.3) is 5.56 Å². The molecule has 84 valence electrons. The third kappa shape index (κ3) is 1.68. The number of hydrogen-bond acceptors (Lipinski definition) is 3. The molecule has 0 radical (unpaired) electrons. The fourth-order valence-electron chi connectivity index (χ4n) is 1.50. The smallest absolute Gasteiger partial charge is 0.263 e. The molecule has 0 fully saturated rings. The maximum atomic E-state index is 12.9. The van der Waals surface area contributed by atoms with Gasteiger partial charge in [0.15, 0.2) is 0 Å². The van der Waals surface area contributed by atoms with Gasteiger partial charge in [0, 0.05) is 6.07 Å². The van der Waals surface area contributed by atoms with Gasteiger partial charge in [-0.05, 0) is 30.7 Å². The zero-order valence-electron chi connectivity index (χ0n) is 8.45. The van der Waals surface area contributed by atoms with Crippen molar-refractivity contribution in [1.82, 2.24) is 9.55 Å². The van der Waals surface area contributed by atoms with Gasteiger partial charge in [0.1, 0.15) is 5.82 Å². The van der Waals surface area contributed by atoms with E-state index < -0.39 is 12.0 Å². The number of halogens is 2. The summed E-state index contributed by atoms with van der Waals surface area (Å²) in [6.07, 6.45) is -0.582. The lowest BCUT2D eigenvalue weighted by Crippen LogP contribution is -2.29. The number of nitrogens with zero attached hydrogens (tertiary/aromatic N) is 2. The number of benzene rings is 1. The maximum absolute atomic E-state index is 12.9. The number of hydrogen-bond donors (Lipinski definition) is 1. The van der Waals surface area contributed by atoms with Crippen molar-refractivity contribution in [3.63, 3.8) is 0 Å². The fourth-order valence-corrected chi connectivity index (χ4v) is 1.82. The molecule has 2 rings (SSSR count). The number of aromatic nitrogens is 2. The van der Waals surface area contributed by atoms with Crippen LogP contribution in [0.5, 0.6) is 0 Å². The summed E-state index contributed by atoms with van der Waals surface area (Å²) in [5.74, 6) is -0.464. The Labute approximate surface area is 95.5 Å². The molecular weight excluding hydrogens is 233 g/mol. The second-order valence-electron chi connectivity index (χ2n) is 3.46. The highest BCUT2D eigenvalue weighted by atomic mass is 35.5. The Bertz CT molecular complexity index is 609. The summed E-state index contributed by atoms with van der Waals surface area (Å²) in [7, 11) is 0. The molecule has 2 aromatic rings. The molecule has 1 unspecified atom stereocenters. The molecule has 0 spiro atoms. The largest absolute Gasteiger partial charge is 0.311 e. The number of rotatable bonds is 1. The van der Waals surface area contributed by atoms with Crippen molar-refractivity contribution in [2.75, 3.05) is 0 Å². The monoisotopic (exact) mass is 241 g/mol. The molecule has 0 aliphatic heterocycles. The molecule has 0 aliphatic carbocycles. The quantitative estimate of drug-likeness (QED) is 0.773. The third-order valence-corrected chi connectivity index (χ3v) is 2.49. The molecule has 1 aromatic carbocycles. The molecule has 6 heteroatoms. The zero-order valence-corrected chi connectivity index (χ0v) is 9.20. The van der Waals surface area contributed by atoms with Crippen molar-refractivity contribution < 1.29 is 4.39 Å². The lowest BCUT2D eigenvalue weighted by molar-refractivity contribution is 0.548. The molecule has 1 atom stereocenters. The molecule has 0 amide bonds.